The van der Waals surface area contributed by atoms with Crippen LogP contribution < -0.4 is 10.5 Å². The Morgan fingerprint density at radius 3 is 2.57 bits per heavy atom. The summed E-state index contributed by atoms with van der Waals surface area (Å²) in [5.41, 5.74) is 7.12. The number of sulfone groups is 1. The van der Waals surface area contributed by atoms with Crippen molar-refractivity contribution in [3.63, 3.8) is 0 Å². The molecule has 0 aliphatic rings. The van der Waals surface area contributed by atoms with Gasteiger partial charge in [0.2, 0.25) is 5.88 Å². The van der Waals surface area contributed by atoms with Gasteiger partial charge in [-0.15, -0.1) is 0 Å². The Balaban J connectivity index is 2.44. The molecular weight excluding hydrogens is 290 g/mol. The van der Waals surface area contributed by atoms with Crippen LogP contribution in [0.3, 0.4) is 0 Å². The maximum Gasteiger partial charge on any atom is 0.241 e. The SMILES string of the molecule is Cc1nn(C(C)C)c(Oc2cccc(S(C)(=O)=O)c2)c1N. The second-order valence-electron chi connectivity index (χ2n) is 5.19. The summed E-state index contributed by atoms with van der Waals surface area (Å²) in [4.78, 5) is 0.200. The van der Waals surface area contributed by atoms with Crippen LogP contribution >= 0.6 is 0 Å². The van der Waals surface area contributed by atoms with Gasteiger partial charge in [0, 0.05) is 6.26 Å². The lowest BCUT2D eigenvalue weighted by molar-refractivity contribution is 0.389. The number of benzene rings is 1. The van der Waals surface area contributed by atoms with Gasteiger partial charge >= 0.3 is 0 Å². The summed E-state index contributed by atoms with van der Waals surface area (Å²) in [7, 11) is -3.28. The molecule has 1 aromatic carbocycles. The fourth-order valence-electron chi connectivity index (χ4n) is 1.87. The highest BCUT2D eigenvalue weighted by atomic mass is 32.2. The predicted octanol–water partition coefficient (Wildman–Crippen LogP) is 2.55. The van der Waals surface area contributed by atoms with E-state index in [0.717, 1.165) is 6.26 Å². The molecule has 0 fully saturated rings. The van der Waals surface area contributed by atoms with Crippen LogP contribution in [0.2, 0.25) is 0 Å². The Morgan fingerprint density at radius 1 is 1.33 bits per heavy atom. The van der Waals surface area contributed by atoms with Gasteiger partial charge in [-0.2, -0.15) is 5.10 Å². The van der Waals surface area contributed by atoms with E-state index >= 15 is 0 Å². The van der Waals surface area contributed by atoms with Gasteiger partial charge in [-0.1, -0.05) is 6.07 Å². The Kier molecular flexibility index (Phi) is 3.95. The van der Waals surface area contributed by atoms with E-state index in [2.05, 4.69) is 5.10 Å². The lowest BCUT2D eigenvalue weighted by Crippen LogP contribution is -2.06. The minimum atomic E-state index is -3.28. The molecule has 1 heterocycles. The monoisotopic (exact) mass is 309 g/mol. The number of nitrogens with zero attached hydrogens (tertiary/aromatic N) is 2. The Morgan fingerprint density at radius 2 is 2.00 bits per heavy atom. The fourth-order valence-corrected chi connectivity index (χ4v) is 2.53. The molecule has 0 bridgehead atoms. The second-order valence-corrected chi connectivity index (χ2v) is 7.21. The first-order chi connectivity index (χ1) is 9.70. The normalized spacial score (nSPS) is 11.9. The van der Waals surface area contributed by atoms with Crippen LogP contribution in [0.4, 0.5) is 5.69 Å². The molecule has 0 saturated heterocycles. The van der Waals surface area contributed by atoms with Gasteiger partial charge in [-0.05, 0) is 39.0 Å². The van der Waals surface area contributed by atoms with Crippen molar-refractivity contribution in [3.8, 4) is 11.6 Å². The van der Waals surface area contributed by atoms with E-state index < -0.39 is 9.84 Å². The molecule has 2 aromatic rings. The molecule has 1 aromatic heterocycles. The molecule has 0 unspecified atom stereocenters. The van der Waals surface area contributed by atoms with E-state index in [-0.39, 0.29) is 10.9 Å². The standard InChI is InChI=1S/C14H19N3O3S/c1-9(2)17-14(13(15)10(3)16-17)20-11-6-5-7-12(8-11)21(4,18)19/h5-9H,15H2,1-4H3. The summed E-state index contributed by atoms with van der Waals surface area (Å²) in [6.45, 7) is 5.73. The maximum atomic E-state index is 11.6. The van der Waals surface area contributed by atoms with E-state index in [9.17, 15) is 8.42 Å². The molecule has 7 heteroatoms. The van der Waals surface area contributed by atoms with Crippen LogP contribution in [0.25, 0.3) is 0 Å². The van der Waals surface area contributed by atoms with Gasteiger partial charge in [0.1, 0.15) is 11.4 Å². The Bertz CT molecular complexity index is 764. The largest absolute Gasteiger partial charge is 0.437 e. The van der Waals surface area contributed by atoms with Crippen LogP contribution in [-0.2, 0) is 9.84 Å². The zero-order chi connectivity index (χ0) is 15.8. The molecular formula is C14H19N3O3S. The van der Waals surface area contributed by atoms with Crippen LogP contribution in [0.1, 0.15) is 25.6 Å². The van der Waals surface area contributed by atoms with Crippen molar-refractivity contribution in [3.05, 3.63) is 30.0 Å². The third kappa shape index (κ3) is 3.18. The van der Waals surface area contributed by atoms with Gasteiger partial charge in [0.05, 0.1) is 16.6 Å². The molecule has 0 radical (unpaired) electrons. The van der Waals surface area contributed by atoms with Crippen LogP contribution in [0.15, 0.2) is 29.2 Å². The van der Waals surface area contributed by atoms with Gasteiger partial charge in [-0.3, -0.25) is 0 Å². The molecule has 2 rings (SSSR count). The lowest BCUT2D eigenvalue weighted by atomic mass is 10.3. The third-order valence-electron chi connectivity index (χ3n) is 3.02. The molecule has 0 aliphatic heterocycles. The summed E-state index contributed by atoms with van der Waals surface area (Å²) in [6, 6.07) is 6.39. The van der Waals surface area contributed by atoms with E-state index in [1.54, 1.807) is 23.7 Å². The van der Waals surface area contributed by atoms with Gasteiger partial charge in [-0.25, -0.2) is 13.1 Å². The predicted molar refractivity (Wildman–Crippen MR) is 81.4 cm³/mol. The lowest BCUT2D eigenvalue weighted by Gasteiger charge is -2.12. The fraction of sp³-hybridized carbons (Fsp3) is 0.357. The number of ether oxygens (including phenoxy) is 1. The van der Waals surface area contributed by atoms with Crippen molar-refractivity contribution >= 4 is 15.5 Å². The van der Waals surface area contributed by atoms with Crippen molar-refractivity contribution in [2.45, 2.75) is 31.7 Å². The van der Waals surface area contributed by atoms with Gasteiger partial charge < -0.3 is 10.5 Å². The molecule has 0 atom stereocenters. The van der Waals surface area contributed by atoms with Crippen molar-refractivity contribution in [1.29, 1.82) is 0 Å². The first kappa shape index (κ1) is 15.4. The number of nitrogens with two attached hydrogens (primary N) is 1. The number of hydrogen-bond donors (Lipinski definition) is 1. The zero-order valence-corrected chi connectivity index (χ0v) is 13.3. The molecule has 0 saturated carbocycles. The van der Waals surface area contributed by atoms with Crippen molar-refractivity contribution in [2.75, 3.05) is 12.0 Å². The number of aromatic nitrogens is 2. The zero-order valence-electron chi connectivity index (χ0n) is 12.5. The second kappa shape index (κ2) is 5.40. The van der Waals surface area contributed by atoms with Gasteiger partial charge in [0.15, 0.2) is 9.84 Å². The summed E-state index contributed by atoms with van der Waals surface area (Å²) in [5.74, 6) is 0.833. The van der Waals surface area contributed by atoms with Gasteiger partial charge in [0.25, 0.3) is 0 Å². The molecule has 0 amide bonds. The maximum absolute atomic E-state index is 11.6. The number of rotatable bonds is 4. The average Bonchev–Trinajstić information content (AvgIpc) is 2.67. The van der Waals surface area contributed by atoms with E-state index in [1.807, 2.05) is 13.8 Å². The summed E-state index contributed by atoms with van der Waals surface area (Å²) in [6.07, 6.45) is 1.16. The van der Waals surface area contributed by atoms with E-state index in [0.29, 0.717) is 23.0 Å². The molecule has 21 heavy (non-hydrogen) atoms. The van der Waals surface area contributed by atoms with Crippen LogP contribution in [-0.4, -0.2) is 24.5 Å². The summed E-state index contributed by atoms with van der Waals surface area (Å²) >= 11 is 0. The first-order valence-corrected chi connectivity index (χ1v) is 8.42. The molecule has 0 spiro atoms. The molecule has 0 aliphatic carbocycles. The number of aryl methyl sites for hydroxylation is 1. The highest BCUT2D eigenvalue weighted by Gasteiger charge is 2.17. The highest BCUT2D eigenvalue weighted by molar-refractivity contribution is 7.90. The minimum absolute atomic E-state index is 0.0779. The van der Waals surface area contributed by atoms with Crippen molar-refractivity contribution in [1.82, 2.24) is 9.78 Å². The minimum Gasteiger partial charge on any atom is -0.437 e. The average molecular weight is 309 g/mol. The number of anilines is 1. The van der Waals surface area contributed by atoms with E-state index in [4.69, 9.17) is 10.5 Å². The molecule has 114 valence electrons. The smallest absolute Gasteiger partial charge is 0.241 e. The first-order valence-electron chi connectivity index (χ1n) is 6.52. The molecule has 6 nitrogen and oxygen atoms in total. The Hall–Kier alpha value is -2.02. The van der Waals surface area contributed by atoms with Crippen molar-refractivity contribution < 1.29 is 13.2 Å². The number of hydrogen-bond acceptors (Lipinski definition) is 5. The third-order valence-corrected chi connectivity index (χ3v) is 4.13. The Labute approximate surface area is 124 Å². The topological polar surface area (TPSA) is 87.2 Å². The quantitative estimate of drug-likeness (QED) is 0.937. The number of nitrogen functional groups attached to an aromatic ring is 1. The molecule has 2 N–H and O–H groups in total. The van der Waals surface area contributed by atoms with Crippen LogP contribution in [0, 0.1) is 6.92 Å². The summed E-state index contributed by atoms with van der Waals surface area (Å²) in [5, 5.41) is 4.33. The van der Waals surface area contributed by atoms with Crippen LogP contribution in [0.5, 0.6) is 11.6 Å². The highest BCUT2D eigenvalue weighted by Crippen LogP contribution is 2.32. The van der Waals surface area contributed by atoms with E-state index in [1.165, 1.54) is 12.1 Å². The van der Waals surface area contributed by atoms with Crippen molar-refractivity contribution in [2.24, 2.45) is 0 Å². The summed E-state index contributed by atoms with van der Waals surface area (Å²) < 4.78 is 30.6.